The highest BCUT2D eigenvalue weighted by Crippen LogP contribution is 2.25. The first kappa shape index (κ1) is 14.2. The van der Waals surface area contributed by atoms with Gasteiger partial charge in [-0.15, -0.1) is 0 Å². The van der Waals surface area contributed by atoms with Gasteiger partial charge in [0.05, 0.1) is 31.9 Å². The van der Waals surface area contributed by atoms with E-state index in [0.29, 0.717) is 19.4 Å². The van der Waals surface area contributed by atoms with Gasteiger partial charge in [-0.25, -0.2) is 4.39 Å². The molecule has 0 amide bonds. The highest BCUT2D eigenvalue weighted by Gasteiger charge is 2.12. The number of nitriles is 1. The molecule has 0 saturated carbocycles. The maximum Gasteiger partial charge on any atom is 0.182 e. The van der Waals surface area contributed by atoms with Crippen LogP contribution in [0.5, 0.6) is 0 Å². The second-order valence-electron chi connectivity index (χ2n) is 4.66. The van der Waals surface area contributed by atoms with E-state index in [9.17, 15) is 4.39 Å². The first-order valence-electron chi connectivity index (χ1n) is 6.12. The minimum absolute atomic E-state index is 0.292. The van der Waals surface area contributed by atoms with Gasteiger partial charge in [0.25, 0.3) is 0 Å². The zero-order chi connectivity index (χ0) is 15.1. The van der Waals surface area contributed by atoms with Crippen molar-refractivity contribution >= 4 is 45.8 Å². The van der Waals surface area contributed by atoms with Crippen LogP contribution in [0.15, 0.2) is 30.3 Å². The predicted octanol–water partition coefficient (Wildman–Crippen LogP) is 4.61. The Morgan fingerprint density at radius 1 is 1.33 bits per heavy atom. The molecule has 2 aromatic carbocycles. The Labute approximate surface area is 139 Å². The van der Waals surface area contributed by atoms with Crippen molar-refractivity contribution in [1.29, 1.82) is 5.26 Å². The molecule has 0 aliphatic carbocycles. The zero-order valence-corrected chi connectivity index (χ0v) is 13.9. The van der Waals surface area contributed by atoms with Gasteiger partial charge in [-0.1, -0.05) is 6.07 Å². The lowest BCUT2D eigenvalue weighted by atomic mass is 10.1. The summed E-state index contributed by atoms with van der Waals surface area (Å²) in [6.07, 6.45) is 0. The molecule has 0 atom stereocenters. The van der Waals surface area contributed by atoms with E-state index in [1.165, 1.54) is 6.07 Å². The summed E-state index contributed by atoms with van der Waals surface area (Å²) in [6.45, 7) is 1.93. The number of hydrogen-bond acceptors (Lipinski definition) is 2. The number of nitrogens with zero attached hydrogens (tertiary/aromatic N) is 2. The van der Waals surface area contributed by atoms with Gasteiger partial charge >= 0.3 is 0 Å². The summed E-state index contributed by atoms with van der Waals surface area (Å²) in [4.78, 5) is 3.08. The molecule has 0 bridgehead atoms. The Bertz CT molecular complexity index is 965. The lowest BCUT2D eigenvalue weighted by Gasteiger charge is -2.09. The summed E-state index contributed by atoms with van der Waals surface area (Å²) in [5.41, 5.74) is 3.72. The lowest BCUT2D eigenvalue weighted by molar-refractivity contribution is 0.622. The molecule has 104 valence electrons. The third kappa shape index (κ3) is 2.36. The van der Waals surface area contributed by atoms with E-state index in [1.54, 1.807) is 22.8 Å². The van der Waals surface area contributed by atoms with E-state index in [4.69, 9.17) is 17.5 Å². The minimum atomic E-state index is -0.292. The maximum atomic E-state index is 13.9. The van der Waals surface area contributed by atoms with Gasteiger partial charge in [-0.2, -0.15) is 5.26 Å². The molecule has 1 heterocycles. The van der Waals surface area contributed by atoms with Crippen LogP contribution in [-0.4, -0.2) is 9.55 Å². The van der Waals surface area contributed by atoms with Crippen molar-refractivity contribution in [3.05, 3.63) is 55.6 Å². The first-order chi connectivity index (χ1) is 10.0. The normalized spacial score (nSPS) is 10.8. The third-order valence-electron chi connectivity index (χ3n) is 3.30. The van der Waals surface area contributed by atoms with E-state index >= 15 is 0 Å². The Morgan fingerprint density at radius 2 is 2.10 bits per heavy atom. The van der Waals surface area contributed by atoms with Crippen LogP contribution in [0.25, 0.3) is 16.7 Å². The van der Waals surface area contributed by atoms with Gasteiger partial charge in [-0.3, -0.25) is 4.57 Å². The number of aryl methyl sites for hydroxylation is 1. The van der Waals surface area contributed by atoms with E-state index in [1.807, 2.05) is 35.6 Å². The highest BCUT2D eigenvalue weighted by molar-refractivity contribution is 14.1. The van der Waals surface area contributed by atoms with Crippen molar-refractivity contribution < 1.29 is 4.39 Å². The number of fused-ring (bicyclic) bond motifs is 1. The Morgan fingerprint density at radius 3 is 2.81 bits per heavy atom. The number of rotatable bonds is 1. The fraction of sp³-hybridized carbons (Fsp3) is 0.0667. The van der Waals surface area contributed by atoms with Crippen LogP contribution < -0.4 is 0 Å². The molecule has 0 aliphatic rings. The molecule has 3 nitrogen and oxygen atoms in total. The van der Waals surface area contributed by atoms with Crippen molar-refractivity contribution in [2.45, 2.75) is 6.92 Å². The second kappa shape index (κ2) is 5.24. The first-order valence-corrected chi connectivity index (χ1v) is 7.61. The molecule has 0 fully saturated rings. The number of imidazole rings is 1. The molecule has 0 aliphatic heterocycles. The van der Waals surface area contributed by atoms with Crippen molar-refractivity contribution in [2.24, 2.45) is 0 Å². The summed E-state index contributed by atoms with van der Waals surface area (Å²) in [7, 11) is 0. The van der Waals surface area contributed by atoms with Crippen molar-refractivity contribution in [3.63, 3.8) is 0 Å². The van der Waals surface area contributed by atoms with Gasteiger partial charge in [0, 0.05) is 6.07 Å². The molecular formula is C15H9FIN3S. The van der Waals surface area contributed by atoms with Gasteiger partial charge in [-0.05, 0) is 65.5 Å². The van der Waals surface area contributed by atoms with Crippen LogP contribution in [0.3, 0.4) is 0 Å². The fourth-order valence-electron chi connectivity index (χ4n) is 2.26. The maximum absolute atomic E-state index is 13.9. The van der Waals surface area contributed by atoms with Gasteiger partial charge in [0.15, 0.2) is 4.77 Å². The molecule has 6 heteroatoms. The fourth-order valence-corrected chi connectivity index (χ4v) is 3.03. The third-order valence-corrected chi connectivity index (χ3v) is 4.41. The number of aromatic nitrogens is 2. The monoisotopic (exact) mass is 409 g/mol. The number of aromatic amines is 1. The summed E-state index contributed by atoms with van der Waals surface area (Å²) in [6, 6.07) is 10.7. The van der Waals surface area contributed by atoms with Gasteiger partial charge in [0.1, 0.15) is 5.82 Å². The van der Waals surface area contributed by atoms with E-state index in [-0.39, 0.29) is 5.82 Å². The molecule has 3 rings (SSSR count). The number of nitrogens with one attached hydrogen (secondary N) is 1. The molecule has 0 unspecified atom stereocenters. The minimum Gasteiger partial charge on any atom is -0.330 e. The molecule has 3 aromatic rings. The second-order valence-corrected chi connectivity index (χ2v) is 6.21. The van der Waals surface area contributed by atoms with Crippen molar-refractivity contribution in [2.75, 3.05) is 0 Å². The van der Waals surface area contributed by atoms with Crippen LogP contribution in [-0.2, 0) is 0 Å². The molecule has 0 spiro atoms. The van der Waals surface area contributed by atoms with E-state index in [2.05, 4.69) is 11.1 Å². The highest BCUT2D eigenvalue weighted by atomic mass is 127. The predicted molar refractivity (Wildman–Crippen MR) is 90.6 cm³/mol. The molecule has 1 aromatic heterocycles. The number of halogens is 2. The number of benzene rings is 2. The molecule has 1 N–H and O–H groups in total. The van der Waals surface area contributed by atoms with Crippen LogP contribution in [0.1, 0.15) is 11.1 Å². The standard InChI is InChI=1S/C15H9FIN3S/c1-8-2-3-9(7-18)4-13(8)20-14-5-10(16)11(17)6-12(14)19-15(20)21/h2-6H,1H3,(H,19,21). The average Bonchev–Trinajstić information content (AvgIpc) is 2.75. The number of hydrogen-bond donors (Lipinski definition) is 1. The van der Waals surface area contributed by atoms with Crippen molar-refractivity contribution in [3.8, 4) is 11.8 Å². The van der Waals surface area contributed by atoms with Crippen LogP contribution in [0.2, 0.25) is 0 Å². The van der Waals surface area contributed by atoms with Crippen LogP contribution in [0, 0.1) is 32.4 Å². The van der Waals surface area contributed by atoms with Gasteiger partial charge in [0.2, 0.25) is 0 Å². The largest absolute Gasteiger partial charge is 0.330 e. The summed E-state index contributed by atoms with van der Waals surface area (Å²) >= 11 is 7.31. The van der Waals surface area contributed by atoms with Crippen LogP contribution >= 0.6 is 34.8 Å². The molecular weight excluding hydrogens is 400 g/mol. The molecule has 21 heavy (non-hydrogen) atoms. The van der Waals surface area contributed by atoms with Crippen molar-refractivity contribution in [1.82, 2.24) is 9.55 Å². The van der Waals surface area contributed by atoms with Gasteiger partial charge < -0.3 is 4.98 Å². The lowest BCUT2D eigenvalue weighted by Crippen LogP contribution is -1.98. The Balaban J connectivity index is 2.41. The molecule has 0 radical (unpaired) electrons. The SMILES string of the molecule is Cc1ccc(C#N)cc1-n1c(=S)[nH]c2cc(I)c(F)cc21. The zero-order valence-electron chi connectivity index (χ0n) is 10.9. The summed E-state index contributed by atoms with van der Waals surface area (Å²) in [5.74, 6) is -0.292. The summed E-state index contributed by atoms with van der Waals surface area (Å²) in [5, 5.41) is 9.06. The average molecular weight is 409 g/mol. The van der Waals surface area contributed by atoms with E-state index < -0.39 is 0 Å². The van der Waals surface area contributed by atoms with E-state index in [0.717, 1.165) is 16.8 Å². The Hall–Kier alpha value is -1.72. The smallest absolute Gasteiger partial charge is 0.182 e. The molecule has 0 saturated heterocycles. The Kier molecular flexibility index (Phi) is 3.55. The quantitative estimate of drug-likeness (QED) is 0.471. The topological polar surface area (TPSA) is 44.5 Å². The van der Waals surface area contributed by atoms with Crippen LogP contribution in [0.4, 0.5) is 4.39 Å². The number of H-pyrrole nitrogens is 1. The summed E-state index contributed by atoms with van der Waals surface area (Å²) < 4.78 is 16.7.